The standard InChI is InChI=1S/C6H10FIOS/c7-6(5-9-10-8)3-1-2-4-6/h1-5H2. The van der Waals surface area contributed by atoms with Crippen LogP contribution in [0.5, 0.6) is 0 Å². The Bertz CT molecular complexity index is 106. The minimum Gasteiger partial charge on any atom is -0.302 e. The molecule has 0 aromatic rings. The molecular formula is C6H10FIOS. The maximum atomic E-state index is 13.4. The van der Waals surface area contributed by atoms with E-state index in [2.05, 4.69) is 0 Å². The van der Waals surface area contributed by atoms with Gasteiger partial charge >= 0.3 is 0 Å². The minimum absolute atomic E-state index is 0.264. The molecular weight excluding hydrogens is 266 g/mol. The van der Waals surface area contributed by atoms with E-state index in [0.29, 0.717) is 12.8 Å². The number of hydrogen-bond donors (Lipinski definition) is 0. The van der Waals surface area contributed by atoms with Gasteiger partial charge in [0.2, 0.25) is 0 Å². The maximum absolute atomic E-state index is 13.4. The number of rotatable bonds is 3. The molecule has 0 radical (unpaired) electrons. The van der Waals surface area contributed by atoms with Crippen LogP contribution in [-0.2, 0) is 4.18 Å². The second-order valence-electron chi connectivity index (χ2n) is 2.68. The first-order chi connectivity index (χ1) is 4.77. The van der Waals surface area contributed by atoms with Crippen molar-refractivity contribution in [1.29, 1.82) is 0 Å². The van der Waals surface area contributed by atoms with E-state index in [-0.39, 0.29) is 6.61 Å². The van der Waals surface area contributed by atoms with Crippen molar-refractivity contribution in [3.8, 4) is 0 Å². The van der Waals surface area contributed by atoms with Crippen LogP contribution in [0.3, 0.4) is 0 Å². The summed E-state index contributed by atoms with van der Waals surface area (Å²) in [7, 11) is 1.22. The van der Waals surface area contributed by atoms with Crippen molar-refractivity contribution >= 4 is 30.4 Å². The molecule has 1 aliphatic rings. The summed E-state index contributed by atoms with van der Waals surface area (Å²) in [5.41, 5.74) is -1.00. The summed E-state index contributed by atoms with van der Waals surface area (Å²) < 4.78 is 18.3. The van der Waals surface area contributed by atoms with Crippen LogP contribution in [0.2, 0.25) is 0 Å². The van der Waals surface area contributed by atoms with Gasteiger partial charge in [-0.2, -0.15) is 0 Å². The third-order valence-electron chi connectivity index (χ3n) is 1.86. The molecule has 0 N–H and O–H groups in total. The first-order valence-corrected chi connectivity index (χ1v) is 6.64. The highest BCUT2D eigenvalue weighted by Gasteiger charge is 2.33. The van der Waals surface area contributed by atoms with E-state index in [4.69, 9.17) is 4.18 Å². The highest BCUT2D eigenvalue weighted by atomic mass is 127. The van der Waals surface area contributed by atoms with E-state index in [1.807, 2.05) is 21.2 Å². The van der Waals surface area contributed by atoms with Crippen LogP contribution in [0.15, 0.2) is 0 Å². The van der Waals surface area contributed by atoms with Crippen molar-refractivity contribution in [2.45, 2.75) is 31.4 Å². The van der Waals surface area contributed by atoms with Gasteiger partial charge in [0.1, 0.15) is 5.67 Å². The van der Waals surface area contributed by atoms with Gasteiger partial charge in [-0.3, -0.25) is 0 Å². The van der Waals surface area contributed by atoms with Crippen molar-refractivity contribution in [3.05, 3.63) is 0 Å². The average Bonchev–Trinajstić information content (AvgIpc) is 2.33. The first kappa shape index (κ1) is 9.06. The van der Waals surface area contributed by atoms with E-state index in [0.717, 1.165) is 12.8 Å². The molecule has 0 aromatic heterocycles. The van der Waals surface area contributed by atoms with Crippen LogP contribution >= 0.6 is 30.4 Å². The summed E-state index contributed by atoms with van der Waals surface area (Å²) in [4.78, 5) is 0. The Balaban J connectivity index is 2.22. The first-order valence-electron chi connectivity index (χ1n) is 3.36. The minimum atomic E-state index is -1.00. The van der Waals surface area contributed by atoms with Crippen LogP contribution in [0.1, 0.15) is 25.7 Å². The molecule has 0 amide bonds. The van der Waals surface area contributed by atoms with Gasteiger partial charge in [-0.05, 0) is 12.8 Å². The highest BCUT2D eigenvalue weighted by Crippen LogP contribution is 2.34. The van der Waals surface area contributed by atoms with Gasteiger partial charge in [0, 0.05) is 21.2 Å². The van der Waals surface area contributed by atoms with Gasteiger partial charge in [0.05, 0.1) is 15.8 Å². The van der Waals surface area contributed by atoms with Crippen LogP contribution in [-0.4, -0.2) is 12.3 Å². The molecule has 1 nitrogen and oxygen atoms in total. The molecule has 1 saturated carbocycles. The Morgan fingerprint density at radius 3 is 2.60 bits per heavy atom. The quantitative estimate of drug-likeness (QED) is 0.578. The zero-order valence-electron chi connectivity index (χ0n) is 5.61. The summed E-state index contributed by atoms with van der Waals surface area (Å²) in [5, 5.41) is 0. The maximum Gasteiger partial charge on any atom is 0.135 e. The second-order valence-corrected chi connectivity index (χ2v) is 4.12. The zero-order valence-corrected chi connectivity index (χ0v) is 8.58. The molecule has 0 unspecified atom stereocenters. The average molecular weight is 276 g/mol. The summed E-state index contributed by atoms with van der Waals surface area (Å²) in [6, 6.07) is 0. The lowest BCUT2D eigenvalue weighted by Gasteiger charge is -2.16. The largest absolute Gasteiger partial charge is 0.302 e. The molecule has 0 spiro atoms. The predicted octanol–water partition coefficient (Wildman–Crippen LogP) is 3.28. The topological polar surface area (TPSA) is 9.23 Å². The fourth-order valence-electron chi connectivity index (χ4n) is 1.28. The number of halogens is 2. The van der Waals surface area contributed by atoms with Gasteiger partial charge in [-0.15, -0.1) is 0 Å². The van der Waals surface area contributed by atoms with Gasteiger partial charge in [0.25, 0.3) is 0 Å². The molecule has 0 saturated heterocycles. The molecule has 0 heterocycles. The lowest BCUT2D eigenvalue weighted by molar-refractivity contribution is 0.105. The van der Waals surface area contributed by atoms with Crippen molar-refractivity contribution < 1.29 is 8.57 Å². The highest BCUT2D eigenvalue weighted by molar-refractivity contribution is 14.2. The van der Waals surface area contributed by atoms with Crippen LogP contribution < -0.4 is 0 Å². The SMILES string of the molecule is FC1(COSI)CCCC1. The van der Waals surface area contributed by atoms with E-state index in [9.17, 15) is 4.39 Å². The van der Waals surface area contributed by atoms with Crippen LogP contribution in [0.25, 0.3) is 0 Å². The summed E-state index contributed by atoms with van der Waals surface area (Å²) in [6.45, 7) is 0.264. The summed E-state index contributed by atoms with van der Waals surface area (Å²) >= 11 is 2.01. The lowest BCUT2D eigenvalue weighted by atomic mass is 10.1. The fraction of sp³-hybridized carbons (Fsp3) is 1.00. The van der Waals surface area contributed by atoms with E-state index >= 15 is 0 Å². The molecule has 1 rings (SSSR count). The van der Waals surface area contributed by atoms with E-state index in [1.165, 1.54) is 9.21 Å². The molecule has 0 bridgehead atoms. The number of hydrogen-bond acceptors (Lipinski definition) is 2. The Morgan fingerprint density at radius 2 is 2.10 bits per heavy atom. The normalized spacial score (nSPS) is 23.4. The fourth-order valence-corrected chi connectivity index (χ4v) is 1.92. The Labute approximate surface area is 76.9 Å². The van der Waals surface area contributed by atoms with E-state index in [1.54, 1.807) is 0 Å². The van der Waals surface area contributed by atoms with Crippen LogP contribution in [0, 0.1) is 0 Å². The van der Waals surface area contributed by atoms with Gasteiger partial charge in [-0.25, -0.2) is 4.39 Å². The summed E-state index contributed by atoms with van der Waals surface area (Å²) in [5.74, 6) is 0. The third kappa shape index (κ3) is 2.54. The third-order valence-corrected chi connectivity index (χ3v) is 2.83. The van der Waals surface area contributed by atoms with E-state index < -0.39 is 5.67 Å². The van der Waals surface area contributed by atoms with Gasteiger partial charge < -0.3 is 4.18 Å². The number of alkyl halides is 1. The molecule has 1 fully saturated rings. The lowest BCUT2D eigenvalue weighted by Crippen LogP contribution is -2.23. The molecule has 0 aliphatic heterocycles. The second kappa shape index (κ2) is 4.11. The predicted molar refractivity (Wildman–Crippen MR) is 49.9 cm³/mol. The van der Waals surface area contributed by atoms with Crippen molar-refractivity contribution in [3.63, 3.8) is 0 Å². The Kier molecular flexibility index (Phi) is 3.72. The molecule has 0 atom stereocenters. The summed E-state index contributed by atoms with van der Waals surface area (Å²) in [6.07, 6.45) is 3.41. The van der Waals surface area contributed by atoms with Crippen molar-refractivity contribution in [2.24, 2.45) is 0 Å². The molecule has 4 heteroatoms. The smallest absolute Gasteiger partial charge is 0.135 e. The van der Waals surface area contributed by atoms with Gasteiger partial charge in [0.15, 0.2) is 0 Å². The molecule has 60 valence electrons. The van der Waals surface area contributed by atoms with Crippen LogP contribution in [0.4, 0.5) is 4.39 Å². The molecule has 1 aliphatic carbocycles. The zero-order chi connectivity index (χ0) is 7.45. The Hall–Kier alpha value is 0.970. The monoisotopic (exact) mass is 276 g/mol. The Morgan fingerprint density at radius 1 is 1.50 bits per heavy atom. The molecule has 10 heavy (non-hydrogen) atoms. The van der Waals surface area contributed by atoms with Crippen molar-refractivity contribution in [2.75, 3.05) is 6.61 Å². The van der Waals surface area contributed by atoms with Crippen molar-refractivity contribution in [1.82, 2.24) is 0 Å². The molecule has 0 aromatic carbocycles. The van der Waals surface area contributed by atoms with Gasteiger partial charge in [-0.1, -0.05) is 12.8 Å².